The van der Waals surface area contributed by atoms with Crippen LogP contribution in [0.15, 0.2) is 23.0 Å². The molecule has 0 spiro atoms. The molecule has 5 nitrogen and oxygen atoms in total. The summed E-state index contributed by atoms with van der Waals surface area (Å²) in [4.78, 5) is 13.8. The quantitative estimate of drug-likeness (QED) is 0.551. The fourth-order valence-electron chi connectivity index (χ4n) is 1.72. The Kier molecular flexibility index (Phi) is 2.80. The molecule has 0 aliphatic carbocycles. The van der Waals surface area contributed by atoms with Gasteiger partial charge in [-0.25, -0.2) is 0 Å². The lowest BCUT2D eigenvalue weighted by Gasteiger charge is -2.28. The number of carbonyl (C=O) groups excluding carboxylic acids is 1. The molecule has 1 saturated heterocycles. The Morgan fingerprint density at radius 1 is 1.40 bits per heavy atom. The van der Waals surface area contributed by atoms with Gasteiger partial charge in [0.2, 0.25) is 11.5 Å². The molecule has 0 N–H and O–H groups in total. The largest absolute Gasteiger partial charge is 0.369 e. The highest BCUT2D eigenvalue weighted by Crippen LogP contribution is 2.16. The Hall–Kier alpha value is -1.65. The number of hydrogen-bond donors (Lipinski definition) is 0. The summed E-state index contributed by atoms with van der Waals surface area (Å²) in [6.45, 7) is 5.59. The monoisotopic (exact) mass is 207 g/mol. The number of carbonyl (C=O) groups is 1. The first-order chi connectivity index (χ1) is 7.29. The number of aromatic nitrogens is 2. The maximum atomic E-state index is 11.8. The van der Waals surface area contributed by atoms with E-state index in [-0.39, 0.29) is 11.5 Å². The van der Waals surface area contributed by atoms with E-state index in [4.69, 9.17) is 4.52 Å². The zero-order valence-corrected chi connectivity index (χ0v) is 8.48. The van der Waals surface area contributed by atoms with Crippen LogP contribution < -0.4 is 0 Å². The maximum absolute atomic E-state index is 11.8. The van der Waals surface area contributed by atoms with Crippen LogP contribution in [0.3, 0.4) is 0 Å². The summed E-state index contributed by atoms with van der Waals surface area (Å²) in [5, 5.41) is 6.74. The number of rotatable bonds is 3. The Labute approximate surface area is 87.7 Å². The number of ketones is 1. The van der Waals surface area contributed by atoms with Gasteiger partial charge in [0, 0.05) is 18.4 Å². The highest BCUT2D eigenvalue weighted by Gasteiger charge is 2.21. The minimum absolute atomic E-state index is 0.158. The molecular weight excluding hydrogens is 194 g/mol. The van der Waals surface area contributed by atoms with E-state index in [9.17, 15) is 4.79 Å². The van der Waals surface area contributed by atoms with Gasteiger partial charge in [0.05, 0.1) is 5.70 Å². The molecule has 80 valence electrons. The number of likely N-dealkylation sites (tertiary alicyclic amines) is 1. The molecule has 2 rings (SSSR count). The minimum atomic E-state index is -0.220. The third-order valence-corrected chi connectivity index (χ3v) is 2.58. The molecule has 0 atom stereocenters. The van der Waals surface area contributed by atoms with Gasteiger partial charge in [-0.3, -0.25) is 4.79 Å². The number of allylic oxidation sites excluding steroid dienone is 1. The molecule has 15 heavy (non-hydrogen) atoms. The fraction of sp³-hybridized carbons (Fsp3) is 0.500. The van der Waals surface area contributed by atoms with E-state index in [1.54, 1.807) is 0 Å². The fourth-order valence-corrected chi connectivity index (χ4v) is 1.72. The highest BCUT2D eigenvalue weighted by molar-refractivity contribution is 6.05. The summed E-state index contributed by atoms with van der Waals surface area (Å²) in [6.07, 6.45) is 4.77. The lowest BCUT2D eigenvalue weighted by molar-refractivity contribution is 0.0948. The number of Topliss-reactive ketones (excluding diaryl/α,β-unsaturated/α-hetero) is 1. The van der Waals surface area contributed by atoms with Gasteiger partial charge in [0.1, 0.15) is 6.20 Å². The molecule has 0 saturated carbocycles. The van der Waals surface area contributed by atoms with Gasteiger partial charge < -0.3 is 9.42 Å². The van der Waals surface area contributed by atoms with Crippen molar-refractivity contribution in [3.8, 4) is 0 Å². The second-order valence-corrected chi connectivity index (χ2v) is 3.61. The number of piperidine rings is 1. The number of hydrogen-bond acceptors (Lipinski definition) is 5. The van der Waals surface area contributed by atoms with Gasteiger partial charge in [-0.05, 0) is 19.3 Å². The standard InChI is InChI=1S/C10H13N3O2/c1-8(13-5-3-2-4-6-13)10(14)9-7-11-12-15-9/h7H,1-6H2. The van der Waals surface area contributed by atoms with E-state index in [0.717, 1.165) is 25.9 Å². The first-order valence-corrected chi connectivity index (χ1v) is 5.05. The number of nitrogens with zero attached hydrogens (tertiary/aromatic N) is 3. The van der Waals surface area contributed by atoms with Crippen LogP contribution >= 0.6 is 0 Å². The van der Waals surface area contributed by atoms with E-state index < -0.39 is 0 Å². The van der Waals surface area contributed by atoms with Crippen molar-refractivity contribution in [1.29, 1.82) is 0 Å². The Morgan fingerprint density at radius 2 is 2.13 bits per heavy atom. The molecule has 0 aromatic carbocycles. The van der Waals surface area contributed by atoms with Gasteiger partial charge >= 0.3 is 0 Å². The molecule has 1 fully saturated rings. The van der Waals surface area contributed by atoms with Gasteiger partial charge in [0.15, 0.2) is 0 Å². The summed E-state index contributed by atoms with van der Waals surface area (Å²) < 4.78 is 4.71. The molecular formula is C10H13N3O2. The van der Waals surface area contributed by atoms with Crippen LogP contribution in [0, 0.1) is 0 Å². The van der Waals surface area contributed by atoms with Crippen molar-refractivity contribution in [2.45, 2.75) is 19.3 Å². The molecule has 1 aliphatic heterocycles. The summed E-state index contributed by atoms with van der Waals surface area (Å²) in [6, 6.07) is 0. The van der Waals surface area contributed by atoms with Crippen molar-refractivity contribution in [2.24, 2.45) is 0 Å². The second-order valence-electron chi connectivity index (χ2n) is 3.61. The average Bonchev–Trinajstić information content (AvgIpc) is 2.82. The van der Waals surface area contributed by atoms with E-state index in [1.807, 2.05) is 4.90 Å². The van der Waals surface area contributed by atoms with E-state index in [1.165, 1.54) is 12.6 Å². The van der Waals surface area contributed by atoms with Crippen LogP contribution in [0.1, 0.15) is 29.8 Å². The predicted molar refractivity (Wildman–Crippen MR) is 53.2 cm³/mol. The smallest absolute Gasteiger partial charge is 0.248 e. The maximum Gasteiger partial charge on any atom is 0.248 e. The van der Waals surface area contributed by atoms with Crippen molar-refractivity contribution >= 4 is 5.78 Å². The molecule has 2 heterocycles. The summed E-state index contributed by atoms with van der Waals surface area (Å²) in [5.41, 5.74) is 0.480. The normalized spacial score (nSPS) is 16.4. The van der Waals surface area contributed by atoms with Crippen LogP contribution in [-0.2, 0) is 0 Å². The van der Waals surface area contributed by atoms with Gasteiger partial charge in [0.25, 0.3) is 0 Å². The summed E-state index contributed by atoms with van der Waals surface area (Å²) >= 11 is 0. The van der Waals surface area contributed by atoms with Crippen molar-refractivity contribution in [1.82, 2.24) is 15.3 Å². The Bertz CT molecular complexity index is 353. The molecule has 0 bridgehead atoms. The predicted octanol–water partition coefficient (Wildman–Crippen LogP) is 1.25. The summed E-state index contributed by atoms with van der Waals surface area (Å²) in [5.74, 6) is -0.0625. The molecule has 5 heteroatoms. The molecule has 1 aromatic heterocycles. The van der Waals surface area contributed by atoms with Crippen molar-refractivity contribution in [3.05, 3.63) is 24.2 Å². The van der Waals surface area contributed by atoms with E-state index in [2.05, 4.69) is 16.9 Å². The van der Waals surface area contributed by atoms with Crippen molar-refractivity contribution < 1.29 is 9.32 Å². The molecule has 0 radical (unpaired) electrons. The minimum Gasteiger partial charge on any atom is -0.369 e. The van der Waals surface area contributed by atoms with Crippen LogP contribution in [0.5, 0.6) is 0 Å². The van der Waals surface area contributed by atoms with Crippen molar-refractivity contribution in [2.75, 3.05) is 13.1 Å². The molecule has 1 aliphatic rings. The van der Waals surface area contributed by atoms with Gasteiger partial charge in [-0.1, -0.05) is 6.58 Å². The zero-order chi connectivity index (χ0) is 10.7. The van der Waals surface area contributed by atoms with Gasteiger partial charge in [-0.2, -0.15) is 0 Å². The van der Waals surface area contributed by atoms with Gasteiger partial charge in [-0.15, -0.1) is 5.10 Å². The van der Waals surface area contributed by atoms with Crippen LogP contribution in [0.4, 0.5) is 0 Å². The Balaban J connectivity index is 2.04. The third kappa shape index (κ3) is 2.06. The van der Waals surface area contributed by atoms with Crippen LogP contribution in [0.25, 0.3) is 0 Å². The first kappa shape index (κ1) is 9.89. The SMILES string of the molecule is C=C(C(=O)c1cnno1)N1CCCCC1. The zero-order valence-electron chi connectivity index (χ0n) is 8.48. The molecule has 0 unspecified atom stereocenters. The van der Waals surface area contributed by atoms with E-state index in [0.29, 0.717) is 5.70 Å². The topological polar surface area (TPSA) is 59.2 Å². The van der Waals surface area contributed by atoms with Crippen molar-refractivity contribution in [3.63, 3.8) is 0 Å². The lowest BCUT2D eigenvalue weighted by atomic mass is 10.1. The summed E-state index contributed by atoms with van der Waals surface area (Å²) in [7, 11) is 0. The Morgan fingerprint density at radius 3 is 2.73 bits per heavy atom. The first-order valence-electron chi connectivity index (χ1n) is 5.05. The highest BCUT2D eigenvalue weighted by atomic mass is 16.5. The average molecular weight is 207 g/mol. The molecule has 0 amide bonds. The van der Waals surface area contributed by atoms with Crippen LogP contribution in [-0.4, -0.2) is 34.1 Å². The third-order valence-electron chi connectivity index (χ3n) is 2.58. The second kappa shape index (κ2) is 4.25. The lowest BCUT2D eigenvalue weighted by Crippen LogP contribution is -2.31. The van der Waals surface area contributed by atoms with E-state index >= 15 is 0 Å². The molecule has 1 aromatic rings. The van der Waals surface area contributed by atoms with Crippen LogP contribution in [0.2, 0.25) is 0 Å².